The highest BCUT2D eigenvalue weighted by molar-refractivity contribution is 5.94. The molecule has 1 N–H and O–H groups in total. The van der Waals surface area contributed by atoms with Crippen LogP contribution in [0.3, 0.4) is 0 Å². The van der Waals surface area contributed by atoms with Gasteiger partial charge in [0.1, 0.15) is 11.5 Å². The summed E-state index contributed by atoms with van der Waals surface area (Å²) in [5.41, 5.74) is 2.35. The Balaban J connectivity index is 1.38. The second kappa shape index (κ2) is 10.3. The number of nitrogens with zero attached hydrogens (tertiary/aromatic N) is 3. The molecule has 9 heteroatoms. The summed E-state index contributed by atoms with van der Waals surface area (Å²) in [6.45, 7) is 4.20. The van der Waals surface area contributed by atoms with Crippen molar-refractivity contribution in [2.24, 2.45) is 0 Å². The molecule has 2 aromatic carbocycles. The number of nitrogens with one attached hydrogen (secondary N) is 1. The molecular formula is C23H26N4O5. The van der Waals surface area contributed by atoms with E-state index in [2.05, 4.69) is 20.4 Å². The molecule has 0 bridgehead atoms. The summed E-state index contributed by atoms with van der Waals surface area (Å²) in [6.07, 6.45) is 0. The van der Waals surface area contributed by atoms with Crippen LogP contribution < -0.4 is 14.8 Å². The van der Waals surface area contributed by atoms with Crippen molar-refractivity contribution < 1.29 is 23.5 Å². The monoisotopic (exact) mass is 438 g/mol. The molecule has 0 spiro atoms. The minimum absolute atomic E-state index is 0.123. The molecule has 3 aromatic rings. The maximum atomic E-state index is 12.6. The van der Waals surface area contributed by atoms with Gasteiger partial charge in [0.05, 0.1) is 39.5 Å². The number of amides is 1. The fourth-order valence-corrected chi connectivity index (χ4v) is 3.51. The third kappa shape index (κ3) is 5.24. The van der Waals surface area contributed by atoms with Crippen molar-refractivity contribution in [3.8, 4) is 22.9 Å². The molecule has 1 aliphatic rings. The predicted octanol–water partition coefficient (Wildman–Crippen LogP) is 2.52. The Labute approximate surface area is 186 Å². The number of ether oxygens (including phenoxy) is 3. The zero-order valence-corrected chi connectivity index (χ0v) is 18.2. The largest absolute Gasteiger partial charge is 0.497 e. The maximum absolute atomic E-state index is 12.6. The number of morpholine rings is 1. The average Bonchev–Trinajstić information content (AvgIpc) is 3.31. The lowest BCUT2D eigenvalue weighted by atomic mass is 10.1. The highest BCUT2D eigenvalue weighted by Crippen LogP contribution is 2.31. The summed E-state index contributed by atoms with van der Waals surface area (Å²) in [5, 5.41) is 6.84. The zero-order valence-electron chi connectivity index (χ0n) is 18.2. The van der Waals surface area contributed by atoms with Crippen molar-refractivity contribution in [1.82, 2.24) is 20.4 Å². The molecule has 168 valence electrons. The number of benzene rings is 2. The highest BCUT2D eigenvalue weighted by atomic mass is 16.5. The van der Waals surface area contributed by atoms with Gasteiger partial charge in [0.2, 0.25) is 11.7 Å². The van der Waals surface area contributed by atoms with E-state index in [1.54, 1.807) is 38.5 Å². The molecule has 0 saturated carbocycles. The second-order valence-corrected chi connectivity index (χ2v) is 7.35. The Morgan fingerprint density at radius 2 is 1.97 bits per heavy atom. The third-order valence-corrected chi connectivity index (χ3v) is 5.22. The number of methoxy groups -OCH3 is 2. The Hall–Kier alpha value is -3.43. The van der Waals surface area contributed by atoms with Crippen LogP contribution >= 0.6 is 0 Å². The van der Waals surface area contributed by atoms with Crippen molar-refractivity contribution in [1.29, 1.82) is 0 Å². The first-order valence-corrected chi connectivity index (χ1v) is 10.4. The molecule has 0 atom stereocenters. The lowest BCUT2D eigenvalue weighted by Gasteiger charge is -2.26. The smallest absolute Gasteiger partial charge is 0.251 e. The number of carbonyl (C=O) groups excluding carboxylic acids is 1. The van der Waals surface area contributed by atoms with Gasteiger partial charge in [-0.25, -0.2) is 0 Å². The van der Waals surface area contributed by atoms with Gasteiger partial charge in [-0.1, -0.05) is 17.3 Å². The number of hydrogen-bond donors (Lipinski definition) is 1. The van der Waals surface area contributed by atoms with Gasteiger partial charge < -0.3 is 24.1 Å². The second-order valence-electron chi connectivity index (χ2n) is 7.35. The molecular weight excluding hydrogens is 412 g/mol. The lowest BCUT2D eigenvalue weighted by molar-refractivity contribution is 0.0342. The molecule has 1 aliphatic heterocycles. The Morgan fingerprint density at radius 1 is 1.12 bits per heavy atom. The van der Waals surface area contributed by atoms with Crippen molar-refractivity contribution in [2.75, 3.05) is 40.5 Å². The Kier molecular flexibility index (Phi) is 6.98. The summed E-state index contributed by atoms with van der Waals surface area (Å²) >= 11 is 0. The SMILES string of the molecule is COc1ccc(-c2noc(CNC(=O)c3cccc(CN4CCOCC4)c3)n2)c(OC)c1. The van der Waals surface area contributed by atoms with Crippen LogP contribution in [0.4, 0.5) is 0 Å². The van der Waals surface area contributed by atoms with Crippen LogP contribution in [0.5, 0.6) is 11.5 Å². The first-order chi connectivity index (χ1) is 15.7. The van der Waals surface area contributed by atoms with E-state index in [-0.39, 0.29) is 12.5 Å². The molecule has 9 nitrogen and oxygen atoms in total. The topological polar surface area (TPSA) is 99.0 Å². The van der Waals surface area contributed by atoms with Crippen molar-refractivity contribution >= 4 is 5.91 Å². The molecule has 1 aromatic heterocycles. The van der Waals surface area contributed by atoms with Gasteiger partial charge in [-0.05, 0) is 29.8 Å². The molecule has 0 unspecified atom stereocenters. The van der Waals surface area contributed by atoms with Gasteiger partial charge in [0, 0.05) is 31.3 Å². The first kappa shape index (κ1) is 21.8. The standard InChI is InChI=1S/C23H26N4O5/c1-29-18-6-7-19(20(13-18)30-2)22-25-21(32-26-22)14-24-23(28)17-5-3-4-16(12-17)15-27-8-10-31-11-9-27/h3-7,12-13H,8-11,14-15H2,1-2H3,(H,24,28). The van der Waals surface area contributed by atoms with Crippen LogP contribution in [0.15, 0.2) is 47.0 Å². The average molecular weight is 438 g/mol. The summed E-state index contributed by atoms with van der Waals surface area (Å²) in [7, 11) is 3.15. The van der Waals surface area contributed by atoms with E-state index in [9.17, 15) is 4.79 Å². The van der Waals surface area contributed by atoms with Crippen LogP contribution in [0.2, 0.25) is 0 Å². The van der Waals surface area contributed by atoms with E-state index in [1.807, 2.05) is 18.2 Å². The fourth-order valence-electron chi connectivity index (χ4n) is 3.51. The van der Waals surface area contributed by atoms with Crippen LogP contribution in [0, 0.1) is 0 Å². The Bertz CT molecular complexity index is 1060. The minimum Gasteiger partial charge on any atom is -0.497 e. The van der Waals surface area contributed by atoms with Gasteiger partial charge in [-0.3, -0.25) is 9.69 Å². The summed E-state index contributed by atoms with van der Waals surface area (Å²) < 4.78 is 21.3. The van der Waals surface area contributed by atoms with Crippen LogP contribution in [0.25, 0.3) is 11.4 Å². The quantitative estimate of drug-likeness (QED) is 0.573. The highest BCUT2D eigenvalue weighted by Gasteiger charge is 2.16. The molecule has 2 heterocycles. The molecule has 1 fully saturated rings. The van der Waals surface area contributed by atoms with Crippen molar-refractivity contribution in [3.63, 3.8) is 0 Å². The van der Waals surface area contributed by atoms with Gasteiger partial charge >= 0.3 is 0 Å². The van der Waals surface area contributed by atoms with Crippen LogP contribution in [0.1, 0.15) is 21.8 Å². The van der Waals surface area contributed by atoms with Crippen molar-refractivity contribution in [3.05, 3.63) is 59.5 Å². The lowest BCUT2D eigenvalue weighted by Crippen LogP contribution is -2.35. The molecule has 4 rings (SSSR count). The summed E-state index contributed by atoms with van der Waals surface area (Å²) in [4.78, 5) is 19.3. The molecule has 1 saturated heterocycles. The summed E-state index contributed by atoms with van der Waals surface area (Å²) in [6, 6.07) is 13.0. The first-order valence-electron chi connectivity index (χ1n) is 10.4. The van der Waals surface area contributed by atoms with Gasteiger partial charge in [0.25, 0.3) is 5.91 Å². The predicted molar refractivity (Wildman–Crippen MR) is 117 cm³/mol. The molecule has 0 radical (unpaired) electrons. The van der Waals surface area contributed by atoms with E-state index in [0.717, 1.165) is 38.4 Å². The van der Waals surface area contributed by atoms with Crippen LogP contribution in [-0.2, 0) is 17.8 Å². The Morgan fingerprint density at radius 3 is 2.75 bits per heavy atom. The minimum atomic E-state index is -0.199. The number of hydrogen-bond acceptors (Lipinski definition) is 8. The normalized spacial score (nSPS) is 14.2. The number of aromatic nitrogens is 2. The van der Waals surface area contributed by atoms with E-state index in [4.69, 9.17) is 18.7 Å². The van der Waals surface area contributed by atoms with Crippen LogP contribution in [-0.4, -0.2) is 61.5 Å². The summed E-state index contributed by atoms with van der Waals surface area (Å²) in [5.74, 6) is 1.71. The van der Waals surface area contributed by atoms with E-state index >= 15 is 0 Å². The van der Waals surface area contributed by atoms with Crippen molar-refractivity contribution in [2.45, 2.75) is 13.1 Å². The maximum Gasteiger partial charge on any atom is 0.251 e. The van der Waals surface area contributed by atoms with E-state index in [1.165, 1.54) is 0 Å². The number of rotatable bonds is 8. The zero-order chi connectivity index (χ0) is 22.3. The fraction of sp³-hybridized carbons (Fsp3) is 0.348. The van der Waals surface area contributed by atoms with E-state index < -0.39 is 0 Å². The molecule has 32 heavy (non-hydrogen) atoms. The number of carbonyl (C=O) groups is 1. The van der Waals surface area contributed by atoms with Gasteiger partial charge in [-0.2, -0.15) is 4.98 Å². The molecule has 1 amide bonds. The van der Waals surface area contributed by atoms with Gasteiger partial charge in [-0.15, -0.1) is 0 Å². The third-order valence-electron chi connectivity index (χ3n) is 5.22. The van der Waals surface area contributed by atoms with E-state index in [0.29, 0.717) is 34.3 Å². The molecule has 0 aliphatic carbocycles. The van der Waals surface area contributed by atoms with Gasteiger partial charge in [0.15, 0.2) is 0 Å².